The standard InChI is InChI=1S/C14H23ClN2/c1-4-16-12(2)8-9-17(3)11-13-6-5-7-14(15)10-13/h5-7,10,12,16H,4,8-9,11H2,1-3H3. The van der Waals surface area contributed by atoms with Crippen molar-refractivity contribution in [2.75, 3.05) is 20.1 Å². The summed E-state index contributed by atoms with van der Waals surface area (Å²) in [4.78, 5) is 2.33. The number of nitrogens with one attached hydrogen (secondary N) is 1. The normalized spacial score (nSPS) is 13.0. The lowest BCUT2D eigenvalue weighted by Gasteiger charge is -2.20. The largest absolute Gasteiger partial charge is 0.314 e. The molecule has 0 radical (unpaired) electrons. The molecule has 0 saturated heterocycles. The van der Waals surface area contributed by atoms with Gasteiger partial charge in [0.25, 0.3) is 0 Å². The zero-order chi connectivity index (χ0) is 12.7. The van der Waals surface area contributed by atoms with Gasteiger partial charge in [-0.3, -0.25) is 0 Å². The van der Waals surface area contributed by atoms with Crippen LogP contribution in [0.2, 0.25) is 5.02 Å². The molecule has 3 heteroatoms. The zero-order valence-electron chi connectivity index (χ0n) is 11.0. The van der Waals surface area contributed by atoms with Gasteiger partial charge in [0.1, 0.15) is 0 Å². The van der Waals surface area contributed by atoms with Crippen LogP contribution in [0.25, 0.3) is 0 Å². The van der Waals surface area contributed by atoms with Gasteiger partial charge in [0.05, 0.1) is 0 Å². The van der Waals surface area contributed by atoms with Crippen LogP contribution in [-0.4, -0.2) is 31.1 Å². The molecule has 0 aromatic heterocycles. The highest BCUT2D eigenvalue weighted by atomic mass is 35.5. The summed E-state index contributed by atoms with van der Waals surface area (Å²) in [6.07, 6.45) is 1.17. The SMILES string of the molecule is CCNC(C)CCN(C)Cc1cccc(Cl)c1. The highest BCUT2D eigenvalue weighted by Gasteiger charge is 2.04. The minimum absolute atomic E-state index is 0.585. The summed E-state index contributed by atoms with van der Waals surface area (Å²) in [6.45, 7) is 7.47. The van der Waals surface area contributed by atoms with E-state index in [0.29, 0.717) is 6.04 Å². The molecule has 17 heavy (non-hydrogen) atoms. The second kappa shape index (κ2) is 7.70. The average molecular weight is 255 g/mol. The first-order chi connectivity index (χ1) is 8.11. The lowest BCUT2D eigenvalue weighted by atomic mass is 10.2. The fraction of sp³-hybridized carbons (Fsp3) is 0.571. The lowest BCUT2D eigenvalue weighted by Crippen LogP contribution is -2.30. The van der Waals surface area contributed by atoms with E-state index in [1.54, 1.807) is 0 Å². The van der Waals surface area contributed by atoms with Crippen LogP contribution in [0.15, 0.2) is 24.3 Å². The predicted octanol–water partition coefficient (Wildman–Crippen LogP) is 3.16. The zero-order valence-corrected chi connectivity index (χ0v) is 11.8. The third kappa shape index (κ3) is 6.06. The molecule has 0 aliphatic rings. The summed E-state index contributed by atoms with van der Waals surface area (Å²) in [6, 6.07) is 8.66. The van der Waals surface area contributed by atoms with E-state index in [9.17, 15) is 0 Å². The van der Waals surface area contributed by atoms with Gasteiger partial charge in [-0.1, -0.05) is 30.7 Å². The topological polar surface area (TPSA) is 15.3 Å². The van der Waals surface area contributed by atoms with Crippen molar-refractivity contribution in [3.63, 3.8) is 0 Å². The molecule has 1 rings (SSSR count). The Morgan fingerprint density at radius 3 is 2.82 bits per heavy atom. The summed E-state index contributed by atoms with van der Waals surface area (Å²) in [5.74, 6) is 0. The highest BCUT2D eigenvalue weighted by Crippen LogP contribution is 2.12. The van der Waals surface area contributed by atoms with Crippen molar-refractivity contribution in [3.05, 3.63) is 34.9 Å². The van der Waals surface area contributed by atoms with Gasteiger partial charge in [0.15, 0.2) is 0 Å². The molecule has 96 valence electrons. The van der Waals surface area contributed by atoms with Crippen molar-refractivity contribution < 1.29 is 0 Å². The lowest BCUT2D eigenvalue weighted by molar-refractivity contribution is 0.304. The Morgan fingerprint density at radius 1 is 1.41 bits per heavy atom. The first kappa shape index (κ1) is 14.5. The van der Waals surface area contributed by atoms with Crippen LogP contribution < -0.4 is 5.32 Å². The van der Waals surface area contributed by atoms with E-state index >= 15 is 0 Å². The van der Waals surface area contributed by atoms with Crippen LogP contribution in [0.1, 0.15) is 25.8 Å². The number of rotatable bonds is 7. The fourth-order valence-corrected chi connectivity index (χ4v) is 2.10. The summed E-state index contributed by atoms with van der Waals surface area (Å²) in [5, 5.41) is 4.24. The van der Waals surface area contributed by atoms with Gasteiger partial charge >= 0.3 is 0 Å². The van der Waals surface area contributed by atoms with Crippen molar-refractivity contribution in [3.8, 4) is 0 Å². The van der Waals surface area contributed by atoms with Gasteiger partial charge < -0.3 is 10.2 Å². The van der Waals surface area contributed by atoms with Crippen LogP contribution in [0.5, 0.6) is 0 Å². The molecular formula is C14H23ClN2. The monoisotopic (exact) mass is 254 g/mol. The second-order valence-electron chi connectivity index (χ2n) is 4.62. The molecule has 0 aliphatic carbocycles. The average Bonchev–Trinajstić information content (AvgIpc) is 2.27. The molecule has 0 fully saturated rings. The summed E-state index contributed by atoms with van der Waals surface area (Å²) >= 11 is 5.97. The van der Waals surface area contributed by atoms with Gasteiger partial charge in [-0.2, -0.15) is 0 Å². The van der Waals surface area contributed by atoms with Gasteiger partial charge in [0, 0.05) is 17.6 Å². The van der Waals surface area contributed by atoms with E-state index in [-0.39, 0.29) is 0 Å². The quantitative estimate of drug-likeness (QED) is 0.804. The molecule has 1 N–H and O–H groups in total. The maximum atomic E-state index is 5.97. The molecule has 1 unspecified atom stereocenters. The van der Waals surface area contributed by atoms with E-state index in [1.165, 1.54) is 12.0 Å². The molecule has 0 heterocycles. The van der Waals surface area contributed by atoms with Gasteiger partial charge in [-0.05, 0) is 51.2 Å². The van der Waals surface area contributed by atoms with Crippen molar-refractivity contribution >= 4 is 11.6 Å². The molecule has 2 nitrogen and oxygen atoms in total. The minimum atomic E-state index is 0.585. The Bertz CT molecular complexity index is 328. The second-order valence-corrected chi connectivity index (χ2v) is 5.05. The molecule has 0 saturated carbocycles. The van der Waals surface area contributed by atoms with E-state index < -0.39 is 0 Å². The van der Waals surface area contributed by atoms with E-state index in [0.717, 1.165) is 24.7 Å². The van der Waals surface area contributed by atoms with E-state index in [1.807, 2.05) is 18.2 Å². The number of nitrogens with zero attached hydrogens (tertiary/aromatic N) is 1. The van der Waals surface area contributed by atoms with Crippen LogP contribution in [-0.2, 0) is 6.54 Å². The number of hydrogen-bond donors (Lipinski definition) is 1. The third-order valence-electron chi connectivity index (χ3n) is 2.84. The Morgan fingerprint density at radius 2 is 2.18 bits per heavy atom. The van der Waals surface area contributed by atoms with Gasteiger partial charge in [0.2, 0.25) is 0 Å². The molecule has 0 spiro atoms. The van der Waals surface area contributed by atoms with Crippen LogP contribution in [0, 0.1) is 0 Å². The summed E-state index contributed by atoms with van der Waals surface area (Å²) in [7, 11) is 2.15. The molecule has 1 aromatic carbocycles. The van der Waals surface area contributed by atoms with Gasteiger partial charge in [-0.25, -0.2) is 0 Å². The van der Waals surface area contributed by atoms with Crippen molar-refractivity contribution in [2.24, 2.45) is 0 Å². The maximum Gasteiger partial charge on any atom is 0.0409 e. The Hall–Kier alpha value is -0.570. The highest BCUT2D eigenvalue weighted by molar-refractivity contribution is 6.30. The Balaban J connectivity index is 2.32. The smallest absolute Gasteiger partial charge is 0.0409 e. The molecule has 1 aromatic rings. The maximum absolute atomic E-state index is 5.97. The third-order valence-corrected chi connectivity index (χ3v) is 3.07. The van der Waals surface area contributed by atoms with E-state index in [4.69, 9.17) is 11.6 Å². The van der Waals surface area contributed by atoms with Crippen LogP contribution in [0.4, 0.5) is 0 Å². The number of benzene rings is 1. The van der Waals surface area contributed by atoms with Gasteiger partial charge in [-0.15, -0.1) is 0 Å². The Labute approximate surface area is 110 Å². The predicted molar refractivity (Wildman–Crippen MR) is 75.5 cm³/mol. The molecule has 0 aliphatic heterocycles. The summed E-state index contributed by atoms with van der Waals surface area (Å²) in [5.41, 5.74) is 1.27. The fourth-order valence-electron chi connectivity index (χ4n) is 1.89. The van der Waals surface area contributed by atoms with Crippen molar-refractivity contribution in [2.45, 2.75) is 32.9 Å². The first-order valence-electron chi connectivity index (χ1n) is 6.28. The molecule has 0 bridgehead atoms. The first-order valence-corrected chi connectivity index (χ1v) is 6.66. The summed E-state index contributed by atoms with van der Waals surface area (Å²) < 4.78 is 0. The van der Waals surface area contributed by atoms with Crippen molar-refractivity contribution in [1.82, 2.24) is 10.2 Å². The molecular weight excluding hydrogens is 232 g/mol. The number of halogens is 1. The number of hydrogen-bond acceptors (Lipinski definition) is 2. The molecule has 1 atom stereocenters. The van der Waals surface area contributed by atoms with E-state index in [2.05, 4.69) is 37.2 Å². The Kier molecular flexibility index (Phi) is 6.56. The van der Waals surface area contributed by atoms with Crippen molar-refractivity contribution in [1.29, 1.82) is 0 Å². The minimum Gasteiger partial charge on any atom is -0.314 e. The van der Waals surface area contributed by atoms with Crippen LogP contribution >= 0.6 is 11.6 Å². The van der Waals surface area contributed by atoms with Crippen LogP contribution in [0.3, 0.4) is 0 Å². The molecule has 0 amide bonds.